The predicted octanol–water partition coefficient (Wildman–Crippen LogP) is 4.17. The normalized spacial score (nSPS) is 15.4. The summed E-state index contributed by atoms with van der Waals surface area (Å²) in [5, 5.41) is 1.19. The van der Waals surface area contributed by atoms with Gasteiger partial charge in [-0.2, -0.15) is 0 Å². The molecule has 1 heterocycles. The maximum atomic E-state index is 13.2. The summed E-state index contributed by atoms with van der Waals surface area (Å²) in [5.74, 6) is 0.235. The summed E-state index contributed by atoms with van der Waals surface area (Å²) in [4.78, 5) is 18.6. The van der Waals surface area contributed by atoms with E-state index in [1.807, 2.05) is 42.3 Å². The summed E-state index contributed by atoms with van der Waals surface area (Å²) in [6.45, 7) is 2.74. The first kappa shape index (κ1) is 15.0. The van der Waals surface area contributed by atoms with E-state index >= 15 is 0 Å². The smallest absolute Gasteiger partial charge is 0.233 e. The van der Waals surface area contributed by atoms with E-state index in [4.69, 9.17) is 0 Å². The standard InChI is InChI=1S/C21H22N2O/c1-15-19(17-10-6-7-11-18(17)22-15)21(12-13-21)20(24)23(2)14-16-8-4-3-5-9-16/h3-11,22H,12-14H2,1-2H3. The monoisotopic (exact) mass is 318 g/mol. The van der Waals surface area contributed by atoms with Crippen LogP contribution in [0.15, 0.2) is 54.6 Å². The van der Waals surface area contributed by atoms with Crippen molar-refractivity contribution in [1.82, 2.24) is 9.88 Å². The summed E-state index contributed by atoms with van der Waals surface area (Å²) < 4.78 is 0. The van der Waals surface area contributed by atoms with Crippen molar-refractivity contribution in [2.24, 2.45) is 0 Å². The number of nitrogens with zero attached hydrogens (tertiary/aromatic N) is 1. The minimum absolute atomic E-state index is 0.235. The number of aryl methyl sites for hydroxylation is 1. The zero-order chi connectivity index (χ0) is 16.7. The highest BCUT2D eigenvalue weighted by Gasteiger charge is 2.54. The molecule has 1 saturated carbocycles. The van der Waals surface area contributed by atoms with Crippen molar-refractivity contribution in [3.8, 4) is 0 Å². The van der Waals surface area contributed by atoms with Crippen molar-refractivity contribution in [3.63, 3.8) is 0 Å². The van der Waals surface area contributed by atoms with Crippen molar-refractivity contribution >= 4 is 16.8 Å². The molecule has 1 aliphatic rings. The molecule has 1 N–H and O–H groups in total. The van der Waals surface area contributed by atoms with Gasteiger partial charge in [-0.1, -0.05) is 48.5 Å². The van der Waals surface area contributed by atoms with Gasteiger partial charge < -0.3 is 9.88 Å². The number of fused-ring (bicyclic) bond motifs is 1. The fraction of sp³-hybridized carbons (Fsp3) is 0.286. The van der Waals surface area contributed by atoms with Gasteiger partial charge in [-0.05, 0) is 37.0 Å². The highest BCUT2D eigenvalue weighted by Crippen LogP contribution is 2.53. The second-order valence-corrected chi connectivity index (χ2v) is 6.90. The van der Waals surface area contributed by atoms with E-state index in [1.54, 1.807) is 0 Å². The lowest BCUT2D eigenvalue weighted by Gasteiger charge is -2.24. The zero-order valence-corrected chi connectivity index (χ0v) is 14.2. The zero-order valence-electron chi connectivity index (χ0n) is 14.2. The first-order valence-electron chi connectivity index (χ1n) is 8.49. The van der Waals surface area contributed by atoms with E-state index in [2.05, 4.69) is 36.2 Å². The van der Waals surface area contributed by atoms with E-state index in [0.717, 1.165) is 24.1 Å². The fourth-order valence-corrected chi connectivity index (χ4v) is 3.88. The third-order valence-corrected chi connectivity index (χ3v) is 5.14. The van der Waals surface area contributed by atoms with E-state index in [1.165, 1.54) is 16.5 Å². The molecule has 1 fully saturated rings. The Morgan fingerprint density at radius 2 is 1.75 bits per heavy atom. The summed E-state index contributed by atoms with van der Waals surface area (Å²) in [7, 11) is 1.92. The number of benzene rings is 2. The molecular formula is C21H22N2O. The van der Waals surface area contributed by atoms with Crippen LogP contribution in [0.2, 0.25) is 0 Å². The minimum Gasteiger partial charge on any atom is -0.358 e. The number of carbonyl (C=O) groups is 1. The molecule has 0 radical (unpaired) electrons. The Kier molecular flexibility index (Phi) is 3.45. The third-order valence-electron chi connectivity index (χ3n) is 5.14. The van der Waals surface area contributed by atoms with Crippen molar-refractivity contribution in [2.75, 3.05) is 7.05 Å². The molecule has 3 aromatic rings. The highest BCUT2D eigenvalue weighted by atomic mass is 16.2. The maximum absolute atomic E-state index is 13.2. The van der Waals surface area contributed by atoms with Crippen molar-refractivity contribution in [3.05, 3.63) is 71.4 Å². The van der Waals surface area contributed by atoms with Crippen LogP contribution in [0.5, 0.6) is 0 Å². The first-order valence-corrected chi connectivity index (χ1v) is 8.49. The summed E-state index contributed by atoms with van der Waals surface area (Å²) >= 11 is 0. The van der Waals surface area contributed by atoms with Crippen LogP contribution in [-0.4, -0.2) is 22.8 Å². The molecule has 0 atom stereocenters. The van der Waals surface area contributed by atoms with Crippen LogP contribution < -0.4 is 0 Å². The second kappa shape index (κ2) is 5.52. The third kappa shape index (κ3) is 2.32. The molecular weight excluding hydrogens is 296 g/mol. The summed E-state index contributed by atoms with van der Waals surface area (Å²) in [6, 6.07) is 18.5. The lowest BCUT2D eigenvalue weighted by atomic mass is 9.91. The van der Waals surface area contributed by atoms with Gasteiger partial charge in [0.15, 0.2) is 0 Å². The fourth-order valence-electron chi connectivity index (χ4n) is 3.88. The van der Waals surface area contributed by atoms with Crippen molar-refractivity contribution < 1.29 is 4.79 Å². The number of hydrogen-bond donors (Lipinski definition) is 1. The number of hydrogen-bond acceptors (Lipinski definition) is 1. The lowest BCUT2D eigenvalue weighted by molar-refractivity contribution is -0.133. The number of aromatic nitrogens is 1. The van der Waals surface area contributed by atoms with Crippen LogP contribution in [0, 0.1) is 6.92 Å². The van der Waals surface area contributed by atoms with Gasteiger partial charge in [-0.25, -0.2) is 0 Å². The van der Waals surface area contributed by atoms with Gasteiger partial charge in [-0.15, -0.1) is 0 Å². The van der Waals surface area contributed by atoms with Crippen LogP contribution in [0.3, 0.4) is 0 Å². The van der Waals surface area contributed by atoms with E-state index < -0.39 is 0 Å². The Labute approximate surface area is 142 Å². The van der Waals surface area contributed by atoms with E-state index in [-0.39, 0.29) is 11.3 Å². The maximum Gasteiger partial charge on any atom is 0.233 e. The average molecular weight is 318 g/mol. The Morgan fingerprint density at radius 1 is 1.08 bits per heavy atom. The molecule has 24 heavy (non-hydrogen) atoms. The Balaban J connectivity index is 1.67. The van der Waals surface area contributed by atoms with Crippen molar-refractivity contribution in [1.29, 1.82) is 0 Å². The van der Waals surface area contributed by atoms with Crippen LogP contribution in [0.1, 0.15) is 29.7 Å². The molecule has 1 aliphatic carbocycles. The number of carbonyl (C=O) groups excluding carboxylic acids is 1. The molecule has 0 unspecified atom stereocenters. The molecule has 1 amide bonds. The van der Waals surface area contributed by atoms with E-state index in [0.29, 0.717) is 6.54 Å². The van der Waals surface area contributed by atoms with E-state index in [9.17, 15) is 4.79 Å². The minimum atomic E-state index is -0.340. The lowest BCUT2D eigenvalue weighted by Crippen LogP contribution is -2.36. The van der Waals surface area contributed by atoms with Gasteiger partial charge in [0.1, 0.15) is 0 Å². The molecule has 3 nitrogen and oxygen atoms in total. The number of likely N-dealkylation sites (N-methyl/N-ethyl adjacent to an activating group) is 1. The molecule has 1 aromatic heterocycles. The second-order valence-electron chi connectivity index (χ2n) is 6.90. The number of aromatic amines is 1. The molecule has 0 aliphatic heterocycles. The number of rotatable bonds is 4. The Morgan fingerprint density at radius 3 is 2.46 bits per heavy atom. The predicted molar refractivity (Wildman–Crippen MR) is 96.9 cm³/mol. The molecule has 0 saturated heterocycles. The Hall–Kier alpha value is -2.55. The molecule has 3 heteroatoms. The number of para-hydroxylation sites is 1. The SMILES string of the molecule is Cc1[nH]c2ccccc2c1C1(C(=O)N(C)Cc2ccccc2)CC1. The number of amides is 1. The molecule has 0 spiro atoms. The quantitative estimate of drug-likeness (QED) is 0.770. The largest absolute Gasteiger partial charge is 0.358 e. The van der Waals surface area contributed by atoms with Crippen LogP contribution in [0.4, 0.5) is 0 Å². The number of nitrogens with one attached hydrogen (secondary N) is 1. The summed E-state index contributed by atoms with van der Waals surface area (Å²) in [6.07, 6.45) is 1.88. The van der Waals surface area contributed by atoms with Crippen LogP contribution >= 0.6 is 0 Å². The average Bonchev–Trinajstić information content (AvgIpc) is 3.31. The molecule has 122 valence electrons. The van der Waals surface area contributed by atoms with Crippen LogP contribution in [0.25, 0.3) is 10.9 Å². The Bertz CT molecular complexity index is 891. The topological polar surface area (TPSA) is 36.1 Å². The molecule has 2 aromatic carbocycles. The van der Waals surface area contributed by atoms with Gasteiger partial charge in [0.05, 0.1) is 5.41 Å². The van der Waals surface area contributed by atoms with Gasteiger partial charge in [0.2, 0.25) is 5.91 Å². The molecule has 0 bridgehead atoms. The van der Waals surface area contributed by atoms with Crippen LogP contribution in [-0.2, 0) is 16.8 Å². The van der Waals surface area contributed by atoms with Gasteiger partial charge >= 0.3 is 0 Å². The van der Waals surface area contributed by atoms with Gasteiger partial charge in [0.25, 0.3) is 0 Å². The number of H-pyrrole nitrogens is 1. The van der Waals surface area contributed by atoms with Crippen molar-refractivity contribution in [2.45, 2.75) is 31.7 Å². The summed E-state index contributed by atoms with van der Waals surface area (Å²) in [5.41, 5.74) is 4.26. The first-order chi connectivity index (χ1) is 11.6. The van der Waals surface area contributed by atoms with Gasteiger partial charge in [0, 0.05) is 30.2 Å². The van der Waals surface area contributed by atoms with Gasteiger partial charge in [-0.3, -0.25) is 4.79 Å². The molecule has 4 rings (SSSR count). The highest BCUT2D eigenvalue weighted by molar-refractivity contribution is 5.98.